The van der Waals surface area contributed by atoms with Gasteiger partial charge in [-0.05, 0) is 39.0 Å². The number of pyridine rings is 1. The van der Waals surface area contributed by atoms with Crippen molar-refractivity contribution in [2.75, 3.05) is 36.4 Å². The van der Waals surface area contributed by atoms with Gasteiger partial charge in [-0.3, -0.25) is 14.9 Å². The Bertz CT molecular complexity index is 1220. The topological polar surface area (TPSA) is 134 Å². The van der Waals surface area contributed by atoms with Gasteiger partial charge in [0.25, 0.3) is 11.6 Å². The molecule has 1 aliphatic rings. The van der Waals surface area contributed by atoms with Crippen LogP contribution in [0.3, 0.4) is 0 Å². The maximum Gasteiger partial charge on any atom is 0.410 e. The predicted molar refractivity (Wildman–Crippen MR) is 127 cm³/mol. The molecule has 1 aliphatic heterocycles. The van der Waals surface area contributed by atoms with Gasteiger partial charge in [0.1, 0.15) is 22.6 Å². The van der Waals surface area contributed by atoms with Gasteiger partial charge >= 0.3 is 6.09 Å². The molecule has 0 unspecified atom stereocenters. The number of anilines is 2. The monoisotopic (exact) mass is 466 g/mol. The van der Waals surface area contributed by atoms with E-state index in [1.807, 2.05) is 26.8 Å². The van der Waals surface area contributed by atoms with Crippen LogP contribution in [0.15, 0.2) is 42.6 Å². The Morgan fingerprint density at radius 1 is 1.15 bits per heavy atom. The van der Waals surface area contributed by atoms with Crippen LogP contribution in [-0.2, 0) is 4.74 Å². The molecule has 0 saturated carbocycles. The van der Waals surface area contributed by atoms with E-state index in [9.17, 15) is 19.7 Å². The third-order valence-electron chi connectivity index (χ3n) is 5.36. The Hall–Kier alpha value is -4.15. The molecular weight excluding hydrogens is 440 g/mol. The SMILES string of the molecule is CC(C)(C)OC(=O)N1CCN(c2ccc(NC(=O)c3cc4cccc([N+](=O)[O-])c4[nH]3)nc2)CC1. The second-order valence-corrected chi connectivity index (χ2v) is 8.99. The molecule has 2 amide bonds. The van der Waals surface area contributed by atoms with Crippen molar-refractivity contribution in [3.05, 3.63) is 58.4 Å². The molecule has 1 saturated heterocycles. The second-order valence-electron chi connectivity index (χ2n) is 8.99. The minimum atomic E-state index is -0.528. The zero-order valence-electron chi connectivity index (χ0n) is 19.2. The fourth-order valence-electron chi connectivity index (χ4n) is 3.72. The van der Waals surface area contributed by atoms with E-state index in [-0.39, 0.29) is 17.5 Å². The number of carbonyl (C=O) groups excluding carboxylic acids is 2. The van der Waals surface area contributed by atoms with Crippen LogP contribution in [0, 0.1) is 10.1 Å². The molecule has 11 heteroatoms. The number of nitro benzene ring substituents is 1. The number of non-ortho nitro benzene ring substituents is 1. The van der Waals surface area contributed by atoms with E-state index in [0.29, 0.717) is 42.9 Å². The van der Waals surface area contributed by atoms with Crippen molar-refractivity contribution in [1.82, 2.24) is 14.9 Å². The molecule has 3 aromatic rings. The van der Waals surface area contributed by atoms with E-state index in [1.165, 1.54) is 6.07 Å². The summed E-state index contributed by atoms with van der Waals surface area (Å²) in [6, 6.07) is 9.76. The van der Waals surface area contributed by atoms with E-state index in [4.69, 9.17) is 4.74 Å². The summed E-state index contributed by atoms with van der Waals surface area (Å²) in [6.07, 6.45) is 1.35. The fraction of sp³-hybridized carbons (Fsp3) is 0.348. The Morgan fingerprint density at radius 2 is 1.88 bits per heavy atom. The maximum absolute atomic E-state index is 12.6. The van der Waals surface area contributed by atoms with Gasteiger partial charge in [-0.1, -0.05) is 12.1 Å². The number of aromatic nitrogens is 2. The number of amides is 2. The lowest BCUT2D eigenvalue weighted by atomic mass is 10.2. The third kappa shape index (κ3) is 5.08. The van der Waals surface area contributed by atoms with Crippen molar-refractivity contribution in [1.29, 1.82) is 0 Å². The molecule has 0 bridgehead atoms. The molecule has 1 aromatic carbocycles. The molecule has 2 N–H and O–H groups in total. The number of nitrogens with one attached hydrogen (secondary N) is 2. The zero-order chi connectivity index (χ0) is 24.5. The first-order valence-corrected chi connectivity index (χ1v) is 10.9. The number of aromatic amines is 1. The second kappa shape index (κ2) is 9.00. The number of carbonyl (C=O) groups is 2. The van der Waals surface area contributed by atoms with Crippen LogP contribution in [-0.4, -0.2) is 63.6 Å². The first-order valence-electron chi connectivity index (χ1n) is 10.9. The number of nitrogens with zero attached hydrogens (tertiary/aromatic N) is 4. The summed E-state index contributed by atoms with van der Waals surface area (Å²) in [6.45, 7) is 7.89. The van der Waals surface area contributed by atoms with Crippen LogP contribution in [0.1, 0.15) is 31.3 Å². The lowest BCUT2D eigenvalue weighted by Crippen LogP contribution is -2.50. The summed E-state index contributed by atoms with van der Waals surface area (Å²) in [4.78, 5) is 46.5. The number of rotatable bonds is 4. The molecule has 4 rings (SSSR count). The van der Waals surface area contributed by atoms with E-state index < -0.39 is 16.4 Å². The number of para-hydroxylation sites is 1. The molecule has 0 spiro atoms. The number of piperazine rings is 1. The molecule has 11 nitrogen and oxygen atoms in total. The number of H-pyrrole nitrogens is 1. The zero-order valence-corrected chi connectivity index (χ0v) is 19.2. The number of benzene rings is 1. The molecule has 0 aliphatic carbocycles. The van der Waals surface area contributed by atoms with E-state index in [1.54, 1.807) is 35.4 Å². The highest BCUT2D eigenvalue weighted by atomic mass is 16.6. The van der Waals surface area contributed by atoms with Crippen molar-refractivity contribution >= 4 is 40.1 Å². The maximum atomic E-state index is 12.6. The van der Waals surface area contributed by atoms with E-state index in [0.717, 1.165) is 5.69 Å². The molecule has 0 atom stereocenters. The summed E-state index contributed by atoms with van der Waals surface area (Å²) < 4.78 is 5.42. The predicted octanol–water partition coefficient (Wildman–Crippen LogP) is 3.78. The lowest BCUT2D eigenvalue weighted by molar-refractivity contribution is -0.383. The fourth-order valence-corrected chi connectivity index (χ4v) is 3.72. The van der Waals surface area contributed by atoms with Crippen LogP contribution < -0.4 is 10.2 Å². The van der Waals surface area contributed by atoms with Crippen LogP contribution in [0.25, 0.3) is 10.9 Å². The minimum absolute atomic E-state index is 0.0919. The number of fused-ring (bicyclic) bond motifs is 1. The number of hydrogen-bond donors (Lipinski definition) is 2. The largest absolute Gasteiger partial charge is 0.444 e. The summed E-state index contributed by atoms with van der Waals surface area (Å²) >= 11 is 0. The van der Waals surface area contributed by atoms with Crippen molar-refractivity contribution in [2.24, 2.45) is 0 Å². The van der Waals surface area contributed by atoms with Gasteiger partial charge in [-0.15, -0.1) is 0 Å². The summed E-state index contributed by atoms with van der Waals surface area (Å²) in [7, 11) is 0. The highest BCUT2D eigenvalue weighted by molar-refractivity contribution is 6.06. The summed E-state index contributed by atoms with van der Waals surface area (Å²) in [5.41, 5.74) is 0.758. The van der Waals surface area contributed by atoms with Crippen LogP contribution in [0.4, 0.5) is 22.0 Å². The highest BCUT2D eigenvalue weighted by Gasteiger charge is 2.26. The number of nitro groups is 1. The van der Waals surface area contributed by atoms with Gasteiger partial charge in [-0.25, -0.2) is 9.78 Å². The number of hydrogen-bond acceptors (Lipinski definition) is 7. The Kier molecular flexibility index (Phi) is 6.10. The lowest BCUT2D eigenvalue weighted by Gasteiger charge is -2.36. The van der Waals surface area contributed by atoms with E-state index in [2.05, 4.69) is 20.2 Å². The first-order chi connectivity index (χ1) is 16.1. The Morgan fingerprint density at radius 3 is 2.50 bits per heavy atom. The quantitative estimate of drug-likeness (QED) is 0.441. The average molecular weight is 466 g/mol. The standard InChI is InChI=1S/C23H26N6O5/c1-23(2,3)34-22(31)28-11-9-27(10-12-28)16-7-8-19(24-14-16)26-21(30)17-13-15-5-4-6-18(29(32)33)20(15)25-17/h4-8,13-14,25H,9-12H2,1-3H3,(H,24,26,30). The average Bonchev–Trinajstić information content (AvgIpc) is 3.23. The normalized spacial score (nSPS) is 14.2. The first kappa shape index (κ1) is 23.0. The molecule has 3 heterocycles. The van der Waals surface area contributed by atoms with Crippen molar-refractivity contribution in [3.63, 3.8) is 0 Å². The van der Waals surface area contributed by atoms with Gasteiger partial charge in [0, 0.05) is 37.6 Å². The Labute approximate surface area is 195 Å². The summed E-state index contributed by atoms with van der Waals surface area (Å²) in [5.74, 6) is -0.0916. The third-order valence-corrected chi connectivity index (χ3v) is 5.36. The molecule has 34 heavy (non-hydrogen) atoms. The molecule has 0 radical (unpaired) electrons. The van der Waals surface area contributed by atoms with Gasteiger partial charge in [-0.2, -0.15) is 0 Å². The van der Waals surface area contributed by atoms with Crippen molar-refractivity contribution < 1.29 is 19.2 Å². The van der Waals surface area contributed by atoms with Crippen LogP contribution in [0.2, 0.25) is 0 Å². The van der Waals surface area contributed by atoms with Gasteiger partial charge in [0.05, 0.1) is 16.8 Å². The van der Waals surface area contributed by atoms with Gasteiger partial charge in [0.2, 0.25) is 0 Å². The van der Waals surface area contributed by atoms with Gasteiger partial charge in [0.15, 0.2) is 0 Å². The Balaban J connectivity index is 1.37. The smallest absolute Gasteiger partial charge is 0.410 e. The van der Waals surface area contributed by atoms with Crippen molar-refractivity contribution in [3.8, 4) is 0 Å². The van der Waals surface area contributed by atoms with Crippen molar-refractivity contribution in [2.45, 2.75) is 26.4 Å². The minimum Gasteiger partial charge on any atom is -0.444 e. The molecular formula is C23H26N6O5. The molecule has 2 aromatic heterocycles. The van der Waals surface area contributed by atoms with Crippen LogP contribution in [0.5, 0.6) is 0 Å². The molecule has 1 fully saturated rings. The molecule has 178 valence electrons. The summed E-state index contributed by atoms with van der Waals surface area (Å²) in [5, 5.41) is 14.5. The van der Waals surface area contributed by atoms with Gasteiger partial charge < -0.3 is 24.8 Å². The van der Waals surface area contributed by atoms with E-state index >= 15 is 0 Å². The number of ether oxygens (including phenoxy) is 1. The van der Waals surface area contributed by atoms with Crippen LogP contribution >= 0.6 is 0 Å². The highest BCUT2D eigenvalue weighted by Crippen LogP contribution is 2.26.